The fraction of sp³-hybridized carbons (Fsp3) is 0.619. The predicted molar refractivity (Wildman–Crippen MR) is 102 cm³/mol. The molecule has 1 spiro atoms. The molecule has 6 nitrogen and oxygen atoms in total. The molecule has 2 amide bonds. The summed E-state index contributed by atoms with van der Waals surface area (Å²) in [6.45, 7) is 5.75. The molecule has 0 radical (unpaired) electrons. The monoisotopic (exact) mass is 374 g/mol. The van der Waals surface area contributed by atoms with Crippen molar-refractivity contribution in [2.45, 2.75) is 26.2 Å². The van der Waals surface area contributed by atoms with Crippen LogP contribution in [-0.2, 0) is 14.3 Å². The zero-order chi connectivity index (χ0) is 19.3. The van der Waals surface area contributed by atoms with Crippen LogP contribution in [0.3, 0.4) is 0 Å². The first-order valence-corrected chi connectivity index (χ1v) is 9.74. The first-order valence-electron chi connectivity index (χ1n) is 9.74. The summed E-state index contributed by atoms with van der Waals surface area (Å²) in [4.78, 5) is 28.2. The minimum atomic E-state index is 0.0823. The van der Waals surface area contributed by atoms with Crippen molar-refractivity contribution in [3.05, 3.63) is 30.3 Å². The number of piperidine rings is 1. The van der Waals surface area contributed by atoms with Crippen molar-refractivity contribution < 1.29 is 19.1 Å². The molecule has 1 aromatic carbocycles. The van der Waals surface area contributed by atoms with Crippen molar-refractivity contribution in [2.24, 2.45) is 11.3 Å². The van der Waals surface area contributed by atoms with E-state index in [1.165, 1.54) is 0 Å². The Morgan fingerprint density at radius 1 is 1.15 bits per heavy atom. The zero-order valence-corrected chi connectivity index (χ0v) is 16.4. The Morgan fingerprint density at radius 3 is 2.48 bits per heavy atom. The third-order valence-electron chi connectivity index (χ3n) is 6.07. The van der Waals surface area contributed by atoms with Gasteiger partial charge < -0.3 is 19.3 Å². The highest BCUT2D eigenvalue weighted by Crippen LogP contribution is 2.44. The van der Waals surface area contributed by atoms with Crippen LogP contribution in [0.25, 0.3) is 0 Å². The maximum atomic E-state index is 12.5. The predicted octanol–water partition coefficient (Wildman–Crippen LogP) is 2.19. The molecule has 27 heavy (non-hydrogen) atoms. The molecule has 3 rings (SSSR count). The molecule has 2 aliphatic rings. The van der Waals surface area contributed by atoms with Gasteiger partial charge in [0.2, 0.25) is 11.8 Å². The lowest BCUT2D eigenvalue weighted by Crippen LogP contribution is -2.47. The van der Waals surface area contributed by atoms with E-state index in [0.717, 1.165) is 44.8 Å². The minimum Gasteiger partial charge on any atom is -0.493 e. The van der Waals surface area contributed by atoms with E-state index in [0.29, 0.717) is 25.6 Å². The second-order valence-electron chi connectivity index (χ2n) is 7.71. The maximum absolute atomic E-state index is 12.5. The molecular weight excluding hydrogens is 344 g/mol. The molecule has 0 aliphatic carbocycles. The SMILES string of the molecule is COCC1CN(C(C)=O)CC12CCN(C(=O)CCOc1ccccc1)CC2. The van der Waals surface area contributed by atoms with Gasteiger partial charge >= 0.3 is 0 Å². The number of methoxy groups -OCH3 is 1. The molecule has 2 heterocycles. The summed E-state index contributed by atoms with van der Waals surface area (Å²) in [5, 5.41) is 0. The van der Waals surface area contributed by atoms with Gasteiger partial charge in [-0.2, -0.15) is 0 Å². The summed E-state index contributed by atoms with van der Waals surface area (Å²) >= 11 is 0. The fourth-order valence-electron chi connectivity index (χ4n) is 4.40. The molecule has 0 saturated carbocycles. The molecule has 2 saturated heterocycles. The van der Waals surface area contributed by atoms with Crippen LogP contribution in [0.15, 0.2) is 30.3 Å². The first-order chi connectivity index (χ1) is 13.0. The number of ether oxygens (including phenoxy) is 2. The fourth-order valence-corrected chi connectivity index (χ4v) is 4.40. The van der Waals surface area contributed by atoms with Crippen LogP contribution in [0, 0.1) is 11.3 Å². The van der Waals surface area contributed by atoms with Crippen molar-refractivity contribution in [3.63, 3.8) is 0 Å². The molecule has 1 unspecified atom stereocenters. The lowest BCUT2D eigenvalue weighted by molar-refractivity contribution is -0.135. The van der Waals surface area contributed by atoms with E-state index in [4.69, 9.17) is 9.47 Å². The number of likely N-dealkylation sites (tertiary alicyclic amines) is 2. The number of amides is 2. The van der Waals surface area contributed by atoms with Crippen LogP contribution < -0.4 is 4.74 Å². The number of hydrogen-bond acceptors (Lipinski definition) is 4. The number of carbonyl (C=O) groups is 2. The molecule has 0 bridgehead atoms. The Kier molecular flexibility index (Phi) is 6.37. The Labute approximate surface area is 161 Å². The number of carbonyl (C=O) groups excluding carboxylic acids is 2. The average Bonchev–Trinajstić information content (AvgIpc) is 3.02. The van der Waals surface area contributed by atoms with Crippen LogP contribution in [-0.4, -0.2) is 68.1 Å². The average molecular weight is 374 g/mol. The van der Waals surface area contributed by atoms with Gasteiger partial charge in [0.15, 0.2) is 0 Å². The molecule has 1 atom stereocenters. The third-order valence-corrected chi connectivity index (χ3v) is 6.07. The summed E-state index contributed by atoms with van der Waals surface area (Å²) in [5.41, 5.74) is 0.0823. The topological polar surface area (TPSA) is 59.1 Å². The summed E-state index contributed by atoms with van der Waals surface area (Å²) in [5.74, 6) is 1.42. The van der Waals surface area contributed by atoms with Crippen molar-refractivity contribution in [1.82, 2.24) is 9.80 Å². The van der Waals surface area contributed by atoms with Crippen LogP contribution in [0.4, 0.5) is 0 Å². The smallest absolute Gasteiger partial charge is 0.225 e. The Bertz CT molecular complexity index is 641. The Hall–Kier alpha value is -2.08. The summed E-state index contributed by atoms with van der Waals surface area (Å²) < 4.78 is 11.1. The second kappa shape index (κ2) is 8.74. The quantitative estimate of drug-likeness (QED) is 0.766. The highest BCUT2D eigenvalue weighted by Gasteiger charge is 2.48. The van der Waals surface area contributed by atoms with Gasteiger partial charge in [-0.25, -0.2) is 0 Å². The molecule has 6 heteroatoms. The van der Waals surface area contributed by atoms with Crippen LogP contribution in [0.2, 0.25) is 0 Å². The van der Waals surface area contributed by atoms with E-state index >= 15 is 0 Å². The van der Waals surface area contributed by atoms with Gasteiger partial charge in [0.05, 0.1) is 19.6 Å². The molecule has 0 aromatic heterocycles. The molecular formula is C21H30N2O4. The molecule has 148 valence electrons. The van der Waals surface area contributed by atoms with Gasteiger partial charge in [-0.1, -0.05) is 18.2 Å². The third kappa shape index (κ3) is 4.61. The maximum Gasteiger partial charge on any atom is 0.225 e. The zero-order valence-electron chi connectivity index (χ0n) is 16.4. The van der Waals surface area contributed by atoms with Crippen LogP contribution in [0.5, 0.6) is 5.75 Å². The highest BCUT2D eigenvalue weighted by atomic mass is 16.5. The Balaban J connectivity index is 1.49. The van der Waals surface area contributed by atoms with Crippen molar-refractivity contribution in [3.8, 4) is 5.75 Å². The van der Waals surface area contributed by atoms with Gasteiger partial charge in [0.1, 0.15) is 5.75 Å². The molecule has 0 N–H and O–H groups in total. The summed E-state index contributed by atoms with van der Waals surface area (Å²) in [6, 6.07) is 9.57. The van der Waals surface area contributed by atoms with E-state index in [1.807, 2.05) is 40.1 Å². The van der Waals surface area contributed by atoms with E-state index < -0.39 is 0 Å². The molecule has 1 aromatic rings. The number of rotatable bonds is 6. The lowest BCUT2D eigenvalue weighted by Gasteiger charge is -2.42. The van der Waals surface area contributed by atoms with Crippen molar-refractivity contribution in [1.29, 1.82) is 0 Å². The van der Waals surface area contributed by atoms with Crippen molar-refractivity contribution >= 4 is 11.8 Å². The molecule has 2 aliphatic heterocycles. The number of hydrogen-bond donors (Lipinski definition) is 0. The highest BCUT2D eigenvalue weighted by molar-refractivity contribution is 5.76. The van der Waals surface area contributed by atoms with E-state index in [1.54, 1.807) is 14.0 Å². The standard InChI is InChI=1S/C21H30N2O4/c1-17(24)23-14-18(15-26-2)21(16-23)9-11-22(12-10-21)20(25)8-13-27-19-6-4-3-5-7-19/h3-7,18H,8-16H2,1-2H3. The Morgan fingerprint density at radius 2 is 1.85 bits per heavy atom. The first kappa shape index (κ1) is 19.7. The van der Waals surface area contributed by atoms with Gasteiger partial charge in [-0.15, -0.1) is 0 Å². The second-order valence-corrected chi connectivity index (χ2v) is 7.71. The van der Waals surface area contributed by atoms with Crippen molar-refractivity contribution in [2.75, 3.05) is 46.5 Å². The van der Waals surface area contributed by atoms with E-state index in [-0.39, 0.29) is 17.2 Å². The largest absolute Gasteiger partial charge is 0.493 e. The number of para-hydroxylation sites is 1. The van der Waals surface area contributed by atoms with E-state index in [9.17, 15) is 9.59 Å². The molecule has 2 fully saturated rings. The van der Waals surface area contributed by atoms with Gasteiger partial charge in [0.25, 0.3) is 0 Å². The van der Waals surface area contributed by atoms with Gasteiger partial charge in [-0.05, 0) is 30.4 Å². The van der Waals surface area contributed by atoms with Gasteiger partial charge in [-0.3, -0.25) is 9.59 Å². The van der Waals surface area contributed by atoms with Crippen LogP contribution >= 0.6 is 0 Å². The number of benzene rings is 1. The van der Waals surface area contributed by atoms with Crippen LogP contribution in [0.1, 0.15) is 26.2 Å². The van der Waals surface area contributed by atoms with E-state index in [2.05, 4.69) is 0 Å². The van der Waals surface area contributed by atoms with Gasteiger partial charge in [0, 0.05) is 46.1 Å². The summed E-state index contributed by atoms with van der Waals surface area (Å²) in [7, 11) is 1.72. The summed E-state index contributed by atoms with van der Waals surface area (Å²) in [6.07, 6.45) is 2.25. The number of nitrogens with zero attached hydrogens (tertiary/aromatic N) is 2. The lowest BCUT2D eigenvalue weighted by atomic mass is 9.71. The normalized spacial score (nSPS) is 21.5. The minimum absolute atomic E-state index is 0.0823.